The summed E-state index contributed by atoms with van der Waals surface area (Å²) in [4.78, 5) is 4.20. The number of hydrogen-bond donors (Lipinski definition) is 2. The topological polar surface area (TPSA) is 54.4 Å². The van der Waals surface area contributed by atoms with E-state index in [2.05, 4.69) is 10.3 Å². The van der Waals surface area contributed by atoms with Crippen LogP contribution in [0.15, 0.2) is 18.5 Å². The number of ether oxygens (including phenoxy) is 1. The lowest BCUT2D eigenvalue weighted by Gasteiger charge is -2.36. The third-order valence-electron chi connectivity index (χ3n) is 3.84. The van der Waals surface area contributed by atoms with Crippen LogP contribution in [0, 0.1) is 0 Å². The van der Waals surface area contributed by atoms with Crippen LogP contribution in [0.1, 0.15) is 45.1 Å². The van der Waals surface area contributed by atoms with Crippen molar-refractivity contribution in [3.05, 3.63) is 24.0 Å². The average molecular weight is 264 g/mol. The monoisotopic (exact) mass is 264 g/mol. The van der Waals surface area contributed by atoms with Crippen LogP contribution in [0.25, 0.3) is 0 Å². The third-order valence-corrected chi connectivity index (χ3v) is 3.84. The summed E-state index contributed by atoms with van der Waals surface area (Å²) >= 11 is 0. The van der Waals surface area contributed by atoms with Crippen molar-refractivity contribution in [2.45, 2.75) is 57.3 Å². The van der Waals surface area contributed by atoms with Gasteiger partial charge in [0.1, 0.15) is 5.75 Å². The molecule has 2 N–H and O–H groups in total. The second-order valence-corrected chi connectivity index (χ2v) is 5.67. The number of aliphatic hydroxyl groups is 1. The van der Waals surface area contributed by atoms with Gasteiger partial charge in [-0.15, -0.1) is 0 Å². The first-order valence-corrected chi connectivity index (χ1v) is 7.05. The number of pyridine rings is 1. The lowest BCUT2D eigenvalue weighted by atomic mass is 9.78. The van der Waals surface area contributed by atoms with Crippen molar-refractivity contribution in [2.24, 2.45) is 0 Å². The lowest BCUT2D eigenvalue weighted by molar-refractivity contribution is -0.00818. The van der Waals surface area contributed by atoms with Gasteiger partial charge in [-0.25, -0.2) is 0 Å². The summed E-state index contributed by atoms with van der Waals surface area (Å²) in [6.07, 6.45) is 7.09. The molecule has 4 heteroatoms. The Morgan fingerprint density at radius 2 is 2.05 bits per heavy atom. The highest BCUT2D eigenvalue weighted by Crippen LogP contribution is 2.37. The molecule has 1 saturated carbocycles. The summed E-state index contributed by atoms with van der Waals surface area (Å²) in [6, 6.07) is 2.44. The Morgan fingerprint density at radius 1 is 1.37 bits per heavy atom. The second kappa shape index (κ2) is 5.88. The van der Waals surface area contributed by atoms with Gasteiger partial charge in [-0.1, -0.05) is 0 Å². The molecular formula is C15H24N2O2. The maximum Gasteiger partial charge on any atom is 0.138 e. The Kier molecular flexibility index (Phi) is 4.42. The lowest BCUT2D eigenvalue weighted by Crippen LogP contribution is -2.38. The van der Waals surface area contributed by atoms with E-state index in [1.54, 1.807) is 12.4 Å². The van der Waals surface area contributed by atoms with Crippen molar-refractivity contribution in [2.75, 3.05) is 7.05 Å². The van der Waals surface area contributed by atoms with Crippen molar-refractivity contribution < 1.29 is 9.84 Å². The average Bonchev–Trinajstić information content (AvgIpc) is 2.39. The molecule has 106 valence electrons. The zero-order valence-corrected chi connectivity index (χ0v) is 12.0. The molecule has 1 fully saturated rings. The Balaban J connectivity index is 2.12. The summed E-state index contributed by atoms with van der Waals surface area (Å²) in [6.45, 7) is 3.97. The van der Waals surface area contributed by atoms with E-state index >= 15 is 0 Å². The summed E-state index contributed by atoms with van der Waals surface area (Å²) < 4.78 is 5.65. The van der Waals surface area contributed by atoms with Crippen molar-refractivity contribution in [3.8, 4) is 5.75 Å². The molecule has 0 saturated heterocycles. The summed E-state index contributed by atoms with van der Waals surface area (Å²) in [5, 5.41) is 14.1. The van der Waals surface area contributed by atoms with Gasteiger partial charge in [0.15, 0.2) is 0 Å². The van der Waals surface area contributed by atoms with E-state index in [9.17, 15) is 5.11 Å². The minimum atomic E-state index is -0.753. The van der Waals surface area contributed by atoms with E-state index in [-0.39, 0.29) is 6.10 Å². The number of nitrogens with zero attached hydrogens (tertiary/aromatic N) is 1. The van der Waals surface area contributed by atoms with Crippen molar-refractivity contribution in [1.82, 2.24) is 10.3 Å². The van der Waals surface area contributed by atoms with Gasteiger partial charge in [0, 0.05) is 17.8 Å². The highest BCUT2D eigenvalue weighted by atomic mass is 16.5. The molecule has 1 aliphatic carbocycles. The molecular weight excluding hydrogens is 240 g/mol. The largest absolute Gasteiger partial charge is 0.489 e. The smallest absolute Gasteiger partial charge is 0.138 e. The SMILES string of the molecule is CNC1CCC(O)(c2cncc(OC(C)C)c2)CC1. The summed E-state index contributed by atoms with van der Waals surface area (Å²) in [7, 11) is 1.98. The minimum Gasteiger partial charge on any atom is -0.489 e. The van der Waals surface area contributed by atoms with Crippen LogP contribution in [0.5, 0.6) is 5.75 Å². The first-order chi connectivity index (χ1) is 9.03. The molecule has 0 spiro atoms. The molecule has 19 heavy (non-hydrogen) atoms. The van der Waals surface area contributed by atoms with E-state index in [0.717, 1.165) is 37.0 Å². The normalized spacial score (nSPS) is 27.5. The summed E-state index contributed by atoms with van der Waals surface area (Å²) in [5.41, 5.74) is 0.122. The van der Waals surface area contributed by atoms with E-state index in [1.165, 1.54) is 0 Å². The molecule has 0 unspecified atom stereocenters. The van der Waals surface area contributed by atoms with Gasteiger partial charge in [-0.3, -0.25) is 4.98 Å². The maximum atomic E-state index is 10.8. The predicted octanol–water partition coefficient (Wildman–Crippen LogP) is 2.22. The highest BCUT2D eigenvalue weighted by molar-refractivity contribution is 5.28. The molecule has 1 aromatic heterocycles. The minimum absolute atomic E-state index is 0.117. The summed E-state index contributed by atoms with van der Waals surface area (Å²) in [5.74, 6) is 0.733. The Labute approximate surface area is 115 Å². The zero-order chi connectivity index (χ0) is 13.9. The number of aromatic nitrogens is 1. The molecule has 0 bridgehead atoms. The fourth-order valence-corrected chi connectivity index (χ4v) is 2.68. The van der Waals surface area contributed by atoms with E-state index < -0.39 is 5.60 Å². The molecule has 2 rings (SSSR count). The van der Waals surface area contributed by atoms with E-state index in [1.807, 2.05) is 27.0 Å². The van der Waals surface area contributed by atoms with E-state index in [4.69, 9.17) is 4.74 Å². The Morgan fingerprint density at radius 3 is 2.63 bits per heavy atom. The molecule has 4 nitrogen and oxygen atoms in total. The molecule has 0 atom stereocenters. The first kappa shape index (κ1) is 14.3. The quantitative estimate of drug-likeness (QED) is 0.875. The van der Waals surface area contributed by atoms with Gasteiger partial charge in [0.05, 0.1) is 17.9 Å². The number of hydrogen-bond acceptors (Lipinski definition) is 4. The van der Waals surface area contributed by atoms with Crippen LogP contribution < -0.4 is 10.1 Å². The van der Waals surface area contributed by atoms with Gasteiger partial charge >= 0.3 is 0 Å². The molecule has 1 aromatic rings. The fraction of sp³-hybridized carbons (Fsp3) is 0.667. The molecule has 0 aliphatic heterocycles. The van der Waals surface area contributed by atoms with Gasteiger partial charge in [-0.05, 0) is 52.6 Å². The zero-order valence-electron chi connectivity index (χ0n) is 12.0. The van der Waals surface area contributed by atoms with Gasteiger partial charge in [0.2, 0.25) is 0 Å². The van der Waals surface area contributed by atoms with Crippen LogP contribution in [0.3, 0.4) is 0 Å². The second-order valence-electron chi connectivity index (χ2n) is 5.67. The molecule has 1 aliphatic rings. The van der Waals surface area contributed by atoms with Crippen LogP contribution in [-0.2, 0) is 5.60 Å². The van der Waals surface area contributed by atoms with Crippen molar-refractivity contribution >= 4 is 0 Å². The standard InChI is InChI=1S/C15H24N2O2/c1-11(2)19-14-8-12(9-17-10-14)15(18)6-4-13(16-3)5-7-15/h8-11,13,16,18H,4-7H2,1-3H3. The first-order valence-electron chi connectivity index (χ1n) is 7.05. The Bertz CT molecular complexity index is 412. The molecule has 0 aromatic carbocycles. The highest BCUT2D eigenvalue weighted by Gasteiger charge is 2.34. The van der Waals surface area contributed by atoms with Gasteiger partial charge in [-0.2, -0.15) is 0 Å². The van der Waals surface area contributed by atoms with E-state index in [0.29, 0.717) is 6.04 Å². The maximum absolute atomic E-state index is 10.8. The third kappa shape index (κ3) is 3.45. The molecule has 0 radical (unpaired) electrons. The fourth-order valence-electron chi connectivity index (χ4n) is 2.68. The van der Waals surface area contributed by atoms with Crippen molar-refractivity contribution in [3.63, 3.8) is 0 Å². The van der Waals surface area contributed by atoms with Crippen molar-refractivity contribution in [1.29, 1.82) is 0 Å². The predicted molar refractivity (Wildman–Crippen MR) is 75.2 cm³/mol. The Hall–Kier alpha value is -1.13. The molecule has 1 heterocycles. The van der Waals surface area contributed by atoms with Crippen LogP contribution in [0.2, 0.25) is 0 Å². The molecule has 0 amide bonds. The van der Waals surface area contributed by atoms with Gasteiger partial charge < -0.3 is 15.2 Å². The van der Waals surface area contributed by atoms with Gasteiger partial charge in [0.25, 0.3) is 0 Å². The number of nitrogens with one attached hydrogen (secondary N) is 1. The van der Waals surface area contributed by atoms with Crippen LogP contribution in [0.4, 0.5) is 0 Å². The van der Waals surface area contributed by atoms with Crippen LogP contribution in [-0.4, -0.2) is 29.3 Å². The van der Waals surface area contributed by atoms with Crippen LogP contribution >= 0.6 is 0 Å². The number of rotatable bonds is 4.